The number of nitrogens with one attached hydrogen (secondary N) is 1. The van der Waals surface area contributed by atoms with Crippen LogP contribution >= 0.6 is 0 Å². The van der Waals surface area contributed by atoms with E-state index in [0.29, 0.717) is 5.69 Å². The van der Waals surface area contributed by atoms with Gasteiger partial charge in [0, 0.05) is 13.1 Å². The van der Waals surface area contributed by atoms with Crippen molar-refractivity contribution in [3.8, 4) is 0 Å². The molecule has 6 nitrogen and oxygen atoms in total. The van der Waals surface area contributed by atoms with Gasteiger partial charge in [-0.1, -0.05) is 5.16 Å². The van der Waals surface area contributed by atoms with Crippen LogP contribution in [-0.2, 0) is 4.79 Å². The van der Waals surface area contributed by atoms with Crippen molar-refractivity contribution >= 4 is 11.7 Å². The number of hydrogen-bond donors (Lipinski definition) is 1. The average Bonchev–Trinajstić information content (AvgIpc) is 2.85. The molecule has 1 fully saturated rings. The summed E-state index contributed by atoms with van der Waals surface area (Å²) in [4.78, 5) is 13.4. The summed E-state index contributed by atoms with van der Waals surface area (Å²) in [6.45, 7) is 1.41. The van der Waals surface area contributed by atoms with E-state index >= 15 is 0 Å². The highest BCUT2D eigenvalue weighted by Gasteiger charge is 2.51. The van der Waals surface area contributed by atoms with E-state index in [1.165, 1.54) is 11.8 Å². The van der Waals surface area contributed by atoms with E-state index in [9.17, 15) is 18.0 Å². The molecular weight excluding hydrogens is 265 g/mol. The number of rotatable bonds is 2. The normalized spacial score (nSPS) is 24.7. The summed E-state index contributed by atoms with van der Waals surface area (Å²) in [5.41, 5.74) is 0.322. The molecule has 0 unspecified atom stereocenters. The van der Waals surface area contributed by atoms with Gasteiger partial charge < -0.3 is 10.2 Å². The number of carbonyl (C=O) groups is 1. The standard InChI is InChI=1S/C10H13F3N4O2/c1-5-8(16-19-15-5)14-9(18)6-3-17(2)4-7(6)10(11,12)13/h6-7H,3-4H2,1-2H3,(H,14,16,18)/t6-,7-/m1/s1. The Bertz CT molecular complexity index is 474. The number of nitrogens with zero attached hydrogens (tertiary/aromatic N) is 3. The summed E-state index contributed by atoms with van der Waals surface area (Å²) in [6.07, 6.45) is -4.40. The van der Waals surface area contributed by atoms with Gasteiger partial charge >= 0.3 is 6.18 Å². The maximum atomic E-state index is 12.8. The smallest absolute Gasteiger partial charge is 0.306 e. The van der Waals surface area contributed by atoms with Gasteiger partial charge in [0.15, 0.2) is 5.82 Å². The minimum Gasteiger partial charge on any atom is -0.306 e. The van der Waals surface area contributed by atoms with Crippen LogP contribution in [0.1, 0.15) is 5.69 Å². The van der Waals surface area contributed by atoms with Crippen molar-refractivity contribution in [3.63, 3.8) is 0 Å². The monoisotopic (exact) mass is 278 g/mol. The minimum atomic E-state index is -4.40. The van der Waals surface area contributed by atoms with E-state index in [4.69, 9.17) is 0 Å². The first-order valence-electron chi connectivity index (χ1n) is 5.64. The fourth-order valence-corrected chi connectivity index (χ4v) is 2.15. The summed E-state index contributed by atoms with van der Waals surface area (Å²) in [5.74, 6) is -3.48. The molecule has 2 rings (SSSR count). The number of alkyl halides is 3. The van der Waals surface area contributed by atoms with Gasteiger partial charge in [-0.15, -0.1) is 0 Å². The highest BCUT2D eigenvalue weighted by Crippen LogP contribution is 2.37. The van der Waals surface area contributed by atoms with Crippen LogP contribution in [0, 0.1) is 18.8 Å². The molecule has 0 saturated carbocycles. The zero-order chi connectivity index (χ0) is 14.2. The number of aromatic nitrogens is 2. The lowest BCUT2D eigenvalue weighted by molar-refractivity contribution is -0.182. The first-order valence-corrected chi connectivity index (χ1v) is 5.64. The number of anilines is 1. The highest BCUT2D eigenvalue weighted by molar-refractivity contribution is 5.92. The molecule has 1 N–H and O–H groups in total. The quantitative estimate of drug-likeness (QED) is 0.875. The number of aryl methyl sites for hydroxylation is 1. The molecule has 9 heteroatoms. The molecule has 0 aliphatic carbocycles. The minimum absolute atomic E-state index is 0.0559. The topological polar surface area (TPSA) is 71.3 Å². The van der Waals surface area contributed by atoms with Crippen molar-refractivity contribution in [2.24, 2.45) is 11.8 Å². The predicted molar refractivity (Wildman–Crippen MR) is 58.2 cm³/mol. The molecule has 0 spiro atoms. The van der Waals surface area contributed by atoms with Crippen molar-refractivity contribution < 1.29 is 22.6 Å². The number of carbonyl (C=O) groups excluding carboxylic acids is 1. The lowest BCUT2D eigenvalue weighted by atomic mass is 9.94. The summed E-state index contributed by atoms with van der Waals surface area (Å²) < 4.78 is 42.9. The Hall–Kier alpha value is -1.64. The average molecular weight is 278 g/mol. The van der Waals surface area contributed by atoms with E-state index < -0.39 is 23.9 Å². The molecule has 1 aromatic rings. The van der Waals surface area contributed by atoms with Gasteiger partial charge in [-0.2, -0.15) is 13.2 Å². The summed E-state index contributed by atoms with van der Waals surface area (Å²) in [6, 6.07) is 0. The Kier molecular flexibility index (Phi) is 3.48. The van der Waals surface area contributed by atoms with Crippen molar-refractivity contribution in [2.75, 3.05) is 25.5 Å². The van der Waals surface area contributed by atoms with Crippen molar-refractivity contribution in [1.29, 1.82) is 0 Å². The second-order valence-electron chi connectivity index (χ2n) is 4.66. The van der Waals surface area contributed by atoms with Crippen LogP contribution < -0.4 is 5.32 Å². The number of halogens is 3. The van der Waals surface area contributed by atoms with Crippen LogP contribution in [0.15, 0.2) is 4.63 Å². The van der Waals surface area contributed by atoms with Crippen molar-refractivity contribution in [2.45, 2.75) is 13.1 Å². The van der Waals surface area contributed by atoms with E-state index in [1.807, 2.05) is 0 Å². The fraction of sp³-hybridized carbons (Fsp3) is 0.700. The Morgan fingerprint density at radius 2 is 2.11 bits per heavy atom. The largest absolute Gasteiger partial charge is 0.393 e. The van der Waals surface area contributed by atoms with Gasteiger partial charge in [-0.3, -0.25) is 4.79 Å². The van der Waals surface area contributed by atoms with Gasteiger partial charge in [0.25, 0.3) is 0 Å². The van der Waals surface area contributed by atoms with Crippen LogP contribution in [0.5, 0.6) is 0 Å². The Labute approximate surface area is 106 Å². The van der Waals surface area contributed by atoms with Crippen LogP contribution in [0.4, 0.5) is 19.0 Å². The molecule has 1 saturated heterocycles. The Morgan fingerprint density at radius 3 is 2.63 bits per heavy atom. The molecule has 19 heavy (non-hydrogen) atoms. The highest BCUT2D eigenvalue weighted by atomic mass is 19.4. The second kappa shape index (κ2) is 4.80. The summed E-state index contributed by atoms with van der Waals surface area (Å²) >= 11 is 0. The first kappa shape index (κ1) is 13.8. The molecule has 1 aliphatic heterocycles. The van der Waals surface area contributed by atoms with Crippen LogP contribution in [0.2, 0.25) is 0 Å². The van der Waals surface area contributed by atoms with Gasteiger partial charge in [0.05, 0.1) is 11.8 Å². The first-order chi connectivity index (χ1) is 8.79. The number of amides is 1. The zero-order valence-electron chi connectivity index (χ0n) is 10.4. The van der Waals surface area contributed by atoms with Crippen LogP contribution in [0.25, 0.3) is 0 Å². The van der Waals surface area contributed by atoms with E-state index in [0.717, 1.165) is 0 Å². The molecule has 2 heterocycles. The third-order valence-corrected chi connectivity index (χ3v) is 3.15. The molecule has 2 atom stereocenters. The molecular formula is C10H13F3N4O2. The van der Waals surface area contributed by atoms with Gasteiger partial charge in [-0.25, -0.2) is 4.63 Å². The lowest BCUT2D eigenvalue weighted by Crippen LogP contribution is -2.36. The van der Waals surface area contributed by atoms with Crippen molar-refractivity contribution in [3.05, 3.63) is 5.69 Å². The van der Waals surface area contributed by atoms with E-state index in [1.54, 1.807) is 7.05 Å². The molecule has 1 aliphatic rings. The molecule has 0 radical (unpaired) electrons. The fourth-order valence-electron chi connectivity index (χ4n) is 2.15. The summed E-state index contributed by atoms with van der Waals surface area (Å²) in [5, 5.41) is 9.19. The van der Waals surface area contributed by atoms with Gasteiger partial charge in [0.1, 0.15) is 5.69 Å². The summed E-state index contributed by atoms with van der Waals surface area (Å²) in [7, 11) is 1.55. The Morgan fingerprint density at radius 1 is 1.42 bits per heavy atom. The maximum absolute atomic E-state index is 12.8. The Balaban J connectivity index is 2.11. The van der Waals surface area contributed by atoms with Crippen LogP contribution in [-0.4, -0.2) is 47.4 Å². The number of hydrogen-bond acceptors (Lipinski definition) is 5. The predicted octanol–water partition coefficient (Wildman–Crippen LogP) is 1.06. The third kappa shape index (κ3) is 2.86. The van der Waals surface area contributed by atoms with Gasteiger partial charge in [-0.05, 0) is 19.1 Å². The molecule has 0 bridgehead atoms. The molecule has 0 aromatic carbocycles. The van der Waals surface area contributed by atoms with E-state index in [-0.39, 0.29) is 18.9 Å². The SMILES string of the molecule is Cc1nonc1NC(=O)[C@@H]1CN(C)C[C@H]1C(F)(F)F. The lowest BCUT2D eigenvalue weighted by Gasteiger charge is -2.20. The van der Waals surface area contributed by atoms with Crippen LogP contribution in [0.3, 0.4) is 0 Å². The number of likely N-dealkylation sites (tertiary alicyclic amines) is 1. The third-order valence-electron chi connectivity index (χ3n) is 3.15. The second-order valence-corrected chi connectivity index (χ2v) is 4.66. The zero-order valence-corrected chi connectivity index (χ0v) is 10.4. The maximum Gasteiger partial charge on any atom is 0.393 e. The molecule has 106 valence electrons. The van der Waals surface area contributed by atoms with Gasteiger partial charge in [0.2, 0.25) is 5.91 Å². The van der Waals surface area contributed by atoms with E-state index in [2.05, 4.69) is 20.3 Å². The van der Waals surface area contributed by atoms with Crippen molar-refractivity contribution in [1.82, 2.24) is 15.2 Å². The molecule has 1 amide bonds. The molecule has 1 aromatic heterocycles.